The molecule has 0 saturated heterocycles. The van der Waals surface area contributed by atoms with Crippen molar-refractivity contribution in [1.29, 1.82) is 0 Å². The van der Waals surface area contributed by atoms with Crippen molar-refractivity contribution in [2.24, 2.45) is 5.92 Å². The van der Waals surface area contributed by atoms with Crippen molar-refractivity contribution in [2.75, 3.05) is 0 Å². The molecular weight excluding hydrogens is 254 g/mol. The zero-order chi connectivity index (χ0) is 11.4. The van der Waals surface area contributed by atoms with E-state index in [0.29, 0.717) is 16.8 Å². The van der Waals surface area contributed by atoms with Crippen molar-refractivity contribution in [1.82, 2.24) is 14.8 Å². The predicted octanol–water partition coefficient (Wildman–Crippen LogP) is 3.21. The van der Waals surface area contributed by atoms with Crippen LogP contribution in [0.3, 0.4) is 0 Å². The molecule has 86 valence electrons. The molecule has 0 N–H and O–H groups in total. The Labute approximate surface area is 100 Å². The van der Waals surface area contributed by atoms with Gasteiger partial charge in [-0.15, -0.1) is 0 Å². The molecule has 0 bridgehead atoms. The Bertz CT molecular complexity index is 294. The molecule has 0 aromatic carbocycles. The molecule has 3 nitrogen and oxygen atoms in total. The van der Waals surface area contributed by atoms with Crippen LogP contribution in [-0.4, -0.2) is 19.6 Å². The van der Waals surface area contributed by atoms with Gasteiger partial charge in [0, 0.05) is 17.3 Å². The van der Waals surface area contributed by atoms with Gasteiger partial charge in [-0.3, -0.25) is 0 Å². The second kappa shape index (κ2) is 5.64. The third-order valence-corrected chi connectivity index (χ3v) is 2.77. The average molecular weight is 274 g/mol. The summed E-state index contributed by atoms with van der Waals surface area (Å²) in [6.45, 7) is 8.71. The lowest BCUT2D eigenvalue weighted by Crippen LogP contribution is -2.13. The molecule has 0 fully saturated rings. The van der Waals surface area contributed by atoms with Crippen LogP contribution in [0.4, 0.5) is 0 Å². The Morgan fingerprint density at radius 3 is 2.53 bits per heavy atom. The highest BCUT2D eigenvalue weighted by Crippen LogP contribution is 2.17. The standard InChI is InChI=1S/C11H20BrN3/c1-8(2)15-11(13-7-14-15)6-9(3)5-10(4)12/h7-10H,5-6H2,1-4H3. The number of hydrogen-bond acceptors (Lipinski definition) is 2. The van der Waals surface area contributed by atoms with E-state index in [1.165, 1.54) is 6.42 Å². The summed E-state index contributed by atoms with van der Waals surface area (Å²) in [4.78, 5) is 4.89. The largest absolute Gasteiger partial charge is 0.248 e. The van der Waals surface area contributed by atoms with Crippen LogP contribution in [0.2, 0.25) is 0 Å². The lowest BCUT2D eigenvalue weighted by molar-refractivity contribution is 0.457. The molecule has 1 aromatic heterocycles. The fraction of sp³-hybridized carbons (Fsp3) is 0.818. The molecule has 0 spiro atoms. The molecule has 1 rings (SSSR count). The van der Waals surface area contributed by atoms with Gasteiger partial charge in [-0.05, 0) is 26.2 Å². The highest BCUT2D eigenvalue weighted by molar-refractivity contribution is 9.09. The molecule has 15 heavy (non-hydrogen) atoms. The summed E-state index contributed by atoms with van der Waals surface area (Å²) in [5.41, 5.74) is 0. The molecule has 0 aliphatic rings. The van der Waals surface area contributed by atoms with Crippen LogP contribution in [0, 0.1) is 5.92 Å². The predicted molar refractivity (Wildman–Crippen MR) is 66.3 cm³/mol. The van der Waals surface area contributed by atoms with Gasteiger partial charge < -0.3 is 0 Å². The lowest BCUT2D eigenvalue weighted by atomic mass is 10.0. The van der Waals surface area contributed by atoms with Crippen molar-refractivity contribution in [3.8, 4) is 0 Å². The Hall–Kier alpha value is -0.380. The Morgan fingerprint density at radius 1 is 1.33 bits per heavy atom. The third-order valence-electron chi connectivity index (χ3n) is 2.39. The van der Waals surface area contributed by atoms with Gasteiger partial charge in [0.25, 0.3) is 0 Å². The maximum absolute atomic E-state index is 4.32. The van der Waals surface area contributed by atoms with Crippen LogP contribution in [0.15, 0.2) is 6.33 Å². The molecule has 0 amide bonds. The quantitative estimate of drug-likeness (QED) is 0.772. The Balaban J connectivity index is 2.60. The van der Waals surface area contributed by atoms with Crippen molar-refractivity contribution in [3.05, 3.63) is 12.2 Å². The summed E-state index contributed by atoms with van der Waals surface area (Å²) in [7, 11) is 0. The second-order valence-electron chi connectivity index (χ2n) is 4.54. The Kier molecular flexibility index (Phi) is 4.77. The van der Waals surface area contributed by atoms with Crippen LogP contribution < -0.4 is 0 Å². The zero-order valence-corrected chi connectivity index (χ0v) is 11.5. The van der Waals surface area contributed by atoms with E-state index in [9.17, 15) is 0 Å². The molecule has 2 unspecified atom stereocenters. The maximum atomic E-state index is 4.32. The molecular formula is C11H20BrN3. The molecule has 1 aromatic rings. The second-order valence-corrected chi connectivity index (χ2v) is 6.10. The minimum atomic E-state index is 0.399. The normalized spacial score (nSPS) is 15.6. The highest BCUT2D eigenvalue weighted by Gasteiger charge is 2.13. The minimum absolute atomic E-state index is 0.399. The van der Waals surface area contributed by atoms with Gasteiger partial charge in [0.05, 0.1) is 0 Å². The summed E-state index contributed by atoms with van der Waals surface area (Å²) >= 11 is 3.58. The number of alkyl halides is 1. The lowest BCUT2D eigenvalue weighted by Gasteiger charge is -2.14. The summed E-state index contributed by atoms with van der Waals surface area (Å²) in [6, 6.07) is 0.399. The van der Waals surface area contributed by atoms with E-state index >= 15 is 0 Å². The first-order valence-corrected chi connectivity index (χ1v) is 6.44. The van der Waals surface area contributed by atoms with Crippen LogP contribution in [0.25, 0.3) is 0 Å². The van der Waals surface area contributed by atoms with E-state index < -0.39 is 0 Å². The van der Waals surface area contributed by atoms with Gasteiger partial charge in [0.15, 0.2) is 0 Å². The van der Waals surface area contributed by atoms with Crippen LogP contribution >= 0.6 is 15.9 Å². The van der Waals surface area contributed by atoms with E-state index in [1.807, 2.05) is 4.68 Å². The van der Waals surface area contributed by atoms with Gasteiger partial charge in [-0.2, -0.15) is 5.10 Å². The number of nitrogens with zero attached hydrogens (tertiary/aromatic N) is 3. The molecule has 0 aliphatic heterocycles. The molecule has 1 heterocycles. The maximum Gasteiger partial charge on any atom is 0.138 e. The van der Waals surface area contributed by atoms with Crippen molar-refractivity contribution in [3.63, 3.8) is 0 Å². The average Bonchev–Trinajstić information content (AvgIpc) is 2.50. The van der Waals surface area contributed by atoms with Crippen LogP contribution in [0.1, 0.15) is 46.0 Å². The third kappa shape index (κ3) is 3.93. The van der Waals surface area contributed by atoms with Gasteiger partial charge >= 0.3 is 0 Å². The smallest absolute Gasteiger partial charge is 0.138 e. The number of halogens is 1. The summed E-state index contributed by atoms with van der Waals surface area (Å²) < 4.78 is 2.01. The van der Waals surface area contributed by atoms with Crippen molar-refractivity contribution < 1.29 is 0 Å². The van der Waals surface area contributed by atoms with E-state index in [1.54, 1.807) is 6.33 Å². The molecule has 0 radical (unpaired) electrons. The van der Waals surface area contributed by atoms with Gasteiger partial charge in [-0.25, -0.2) is 9.67 Å². The highest BCUT2D eigenvalue weighted by atomic mass is 79.9. The fourth-order valence-corrected chi connectivity index (χ4v) is 2.44. The summed E-state index contributed by atoms with van der Waals surface area (Å²) in [5.74, 6) is 1.74. The van der Waals surface area contributed by atoms with Crippen LogP contribution in [-0.2, 0) is 6.42 Å². The first-order valence-electron chi connectivity index (χ1n) is 5.53. The summed E-state index contributed by atoms with van der Waals surface area (Å²) in [6.07, 6.45) is 3.83. The van der Waals surface area contributed by atoms with E-state index in [4.69, 9.17) is 0 Å². The molecule has 4 heteroatoms. The number of aromatic nitrogens is 3. The van der Waals surface area contributed by atoms with Crippen LogP contribution in [0.5, 0.6) is 0 Å². The van der Waals surface area contributed by atoms with Gasteiger partial charge in [-0.1, -0.05) is 29.8 Å². The van der Waals surface area contributed by atoms with Crippen molar-refractivity contribution in [2.45, 2.75) is 51.4 Å². The summed E-state index contributed by atoms with van der Waals surface area (Å²) in [5, 5.41) is 4.24. The molecule has 0 saturated carbocycles. The van der Waals surface area contributed by atoms with E-state index in [0.717, 1.165) is 12.2 Å². The zero-order valence-electron chi connectivity index (χ0n) is 9.94. The van der Waals surface area contributed by atoms with Crippen molar-refractivity contribution >= 4 is 15.9 Å². The minimum Gasteiger partial charge on any atom is -0.248 e. The monoisotopic (exact) mass is 273 g/mol. The molecule has 0 aliphatic carbocycles. The van der Waals surface area contributed by atoms with Gasteiger partial charge in [0.1, 0.15) is 12.2 Å². The van der Waals surface area contributed by atoms with E-state index in [-0.39, 0.29) is 0 Å². The van der Waals surface area contributed by atoms with E-state index in [2.05, 4.69) is 53.7 Å². The topological polar surface area (TPSA) is 30.7 Å². The molecule has 2 atom stereocenters. The first kappa shape index (κ1) is 12.7. The first-order chi connectivity index (χ1) is 7.00. The fourth-order valence-electron chi connectivity index (χ4n) is 1.80. The number of hydrogen-bond donors (Lipinski definition) is 0. The SMILES string of the molecule is CC(Br)CC(C)Cc1ncnn1C(C)C. The Morgan fingerprint density at radius 2 is 2.00 bits per heavy atom. The number of rotatable bonds is 5. The van der Waals surface area contributed by atoms with Gasteiger partial charge in [0.2, 0.25) is 0 Å².